The Balaban J connectivity index is 2.84. The van der Waals surface area contributed by atoms with Crippen molar-refractivity contribution in [2.24, 2.45) is 0 Å². The van der Waals surface area contributed by atoms with E-state index in [4.69, 9.17) is 4.74 Å². The van der Waals surface area contributed by atoms with Gasteiger partial charge in [-0.05, 0) is 20.8 Å². The summed E-state index contributed by atoms with van der Waals surface area (Å²) in [7, 11) is 1.49. The van der Waals surface area contributed by atoms with Crippen LogP contribution in [0.25, 0.3) is 0 Å². The molecule has 0 aliphatic rings. The molecule has 0 saturated heterocycles. The summed E-state index contributed by atoms with van der Waals surface area (Å²) >= 11 is 0. The normalized spacial score (nSPS) is 12.7. The number of hydrogen-bond acceptors (Lipinski definition) is 5. The molecule has 98 valence electrons. The van der Waals surface area contributed by atoms with E-state index in [0.29, 0.717) is 12.0 Å². The Labute approximate surface area is 106 Å². The third-order valence-electron chi connectivity index (χ3n) is 2.11. The number of likely N-dealkylation sites (N-methyl/N-ethyl adjacent to an activating group) is 1. The fourth-order valence-electron chi connectivity index (χ4n) is 1.27. The molecule has 0 aliphatic carbocycles. The van der Waals surface area contributed by atoms with Crippen LogP contribution >= 0.6 is 0 Å². The van der Waals surface area contributed by atoms with Gasteiger partial charge in [-0.15, -0.1) is 0 Å². The molecule has 0 aromatic carbocycles. The average Bonchev–Trinajstić information content (AvgIpc) is 2.29. The lowest BCUT2D eigenvalue weighted by Gasteiger charge is -2.27. The molecule has 0 fully saturated rings. The lowest BCUT2D eigenvalue weighted by Crippen LogP contribution is -2.37. The van der Waals surface area contributed by atoms with Crippen LogP contribution in [0, 0.1) is 0 Å². The van der Waals surface area contributed by atoms with Crippen molar-refractivity contribution in [1.29, 1.82) is 0 Å². The summed E-state index contributed by atoms with van der Waals surface area (Å²) in [5.41, 5.74) is -0.206. The Morgan fingerprint density at radius 2 is 2.11 bits per heavy atom. The SMILES string of the molecule is CN(C(=O)OC(C)(C)C)C(C=O)c1cnccn1. The quantitative estimate of drug-likeness (QED) is 0.763. The molecule has 1 aromatic heterocycles. The Morgan fingerprint density at radius 3 is 2.56 bits per heavy atom. The number of amides is 1. The molecule has 1 unspecified atom stereocenters. The first-order chi connectivity index (χ1) is 8.35. The van der Waals surface area contributed by atoms with Gasteiger partial charge in [0.1, 0.15) is 17.9 Å². The van der Waals surface area contributed by atoms with Gasteiger partial charge in [-0.2, -0.15) is 0 Å². The third-order valence-corrected chi connectivity index (χ3v) is 2.11. The first-order valence-electron chi connectivity index (χ1n) is 5.52. The van der Waals surface area contributed by atoms with E-state index >= 15 is 0 Å². The predicted octanol–water partition coefficient (Wildman–Crippen LogP) is 1.58. The van der Waals surface area contributed by atoms with E-state index in [0.717, 1.165) is 0 Å². The highest BCUT2D eigenvalue weighted by molar-refractivity contribution is 5.74. The van der Waals surface area contributed by atoms with Crippen LogP contribution in [0.2, 0.25) is 0 Å². The molecule has 1 amide bonds. The number of aromatic nitrogens is 2. The molecular weight excluding hydrogens is 234 g/mol. The van der Waals surface area contributed by atoms with Gasteiger partial charge < -0.3 is 9.53 Å². The van der Waals surface area contributed by atoms with Crippen LogP contribution in [0.1, 0.15) is 32.5 Å². The molecule has 1 heterocycles. The van der Waals surface area contributed by atoms with Gasteiger partial charge >= 0.3 is 6.09 Å². The zero-order chi connectivity index (χ0) is 13.8. The van der Waals surface area contributed by atoms with E-state index in [-0.39, 0.29) is 0 Å². The maximum absolute atomic E-state index is 11.8. The summed E-state index contributed by atoms with van der Waals surface area (Å²) in [6.45, 7) is 5.28. The van der Waals surface area contributed by atoms with Crippen molar-refractivity contribution < 1.29 is 14.3 Å². The first-order valence-corrected chi connectivity index (χ1v) is 5.52. The minimum absolute atomic E-state index is 0.404. The predicted molar refractivity (Wildman–Crippen MR) is 64.8 cm³/mol. The zero-order valence-electron chi connectivity index (χ0n) is 11.0. The van der Waals surface area contributed by atoms with Crippen LogP contribution in [0.4, 0.5) is 4.79 Å². The molecule has 0 N–H and O–H groups in total. The molecule has 0 bridgehead atoms. The summed E-state index contributed by atoms with van der Waals surface area (Å²) in [5.74, 6) is 0. The molecule has 6 heteroatoms. The Bertz CT molecular complexity index is 414. The molecule has 0 saturated carbocycles. The Kier molecular flexibility index (Phi) is 4.36. The fourth-order valence-corrected chi connectivity index (χ4v) is 1.27. The smallest absolute Gasteiger partial charge is 0.410 e. The monoisotopic (exact) mass is 251 g/mol. The van der Waals surface area contributed by atoms with Crippen molar-refractivity contribution in [3.05, 3.63) is 24.3 Å². The van der Waals surface area contributed by atoms with Gasteiger partial charge in [-0.1, -0.05) is 0 Å². The van der Waals surface area contributed by atoms with Crippen LogP contribution in [-0.4, -0.2) is 39.9 Å². The largest absolute Gasteiger partial charge is 0.444 e. The van der Waals surface area contributed by atoms with Gasteiger partial charge in [0.05, 0.1) is 11.9 Å². The van der Waals surface area contributed by atoms with Gasteiger partial charge in [0.2, 0.25) is 0 Å². The zero-order valence-corrected chi connectivity index (χ0v) is 11.0. The molecule has 0 radical (unpaired) electrons. The van der Waals surface area contributed by atoms with Crippen molar-refractivity contribution in [3.8, 4) is 0 Å². The van der Waals surface area contributed by atoms with E-state index in [1.165, 1.54) is 30.5 Å². The molecule has 6 nitrogen and oxygen atoms in total. The lowest BCUT2D eigenvalue weighted by atomic mass is 10.2. The van der Waals surface area contributed by atoms with Crippen LogP contribution < -0.4 is 0 Å². The number of nitrogens with zero attached hydrogens (tertiary/aromatic N) is 3. The van der Waals surface area contributed by atoms with Gasteiger partial charge in [-0.25, -0.2) is 4.79 Å². The van der Waals surface area contributed by atoms with Crippen molar-refractivity contribution >= 4 is 12.4 Å². The first kappa shape index (κ1) is 14.1. The van der Waals surface area contributed by atoms with Crippen LogP contribution in [0.5, 0.6) is 0 Å². The topological polar surface area (TPSA) is 72.4 Å². The molecule has 1 rings (SSSR count). The van der Waals surface area contributed by atoms with E-state index in [1.54, 1.807) is 20.8 Å². The van der Waals surface area contributed by atoms with Gasteiger partial charge in [-0.3, -0.25) is 14.9 Å². The Morgan fingerprint density at radius 1 is 1.44 bits per heavy atom. The summed E-state index contributed by atoms with van der Waals surface area (Å²) in [4.78, 5) is 32.0. The van der Waals surface area contributed by atoms with Crippen molar-refractivity contribution in [2.75, 3.05) is 7.05 Å². The minimum Gasteiger partial charge on any atom is -0.444 e. The van der Waals surface area contributed by atoms with Crippen LogP contribution in [-0.2, 0) is 9.53 Å². The highest BCUT2D eigenvalue weighted by atomic mass is 16.6. The van der Waals surface area contributed by atoms with E-state index in [1.807, 2.05) is 0 Å². The minimum atomic E-state index is -0.798. The number of hydrogen-bond donors (Lipinski definition) is 0. The second kappa shape index (κ2) is 5.57. The highest BCUT2D eigenvalue weighted by Gasteiger charge is 2.26. The van der Waals surface area contributed by atoms with E-state index in [9.17, 15) is 9.59 Å². The maximum atomic E-state index is 11.8. The van der Waals surface area contributed by atoms with E-state index in [2.05, 4.69) is 9.97 Å². The van der Waals surface area contributed by atoms with E-state index < -0.39 is 17.7 Å². The molecule has 0 aliphatic heterocycles. The van der Waals surface area contributed by atoms with Crippen molar-refractivity contribution in [3.63, 3.8) is 0 Å². The summed E-state index contributed by atoms with van der Waals surface area (Å²) < 4.78 is 5.18. The van der Waals surface area contributed by atoms with Crippen LogP contribution in [0.3, 0.4) is 0 Å². The van der Waals surface area contributed by atoms with Crippen LogP contribution in [0.15, 0.2) is 18.6 Å². The summed E-state index contributed by atoms with van der Waals surface area (Å²) in [6.07, 6.45) is 4.46. The lowest BCUT2D eigenvalue weighted by molar-refractivity contribution is -0.112. The highest BCUT2D eigenvalue weighted by Crippen LogP contribution is 2.17. The number of rotatable bonds is 3. The molecule has 1 aromatic rings. The maximum Gasteiger partial charge on any atom is 0.410 e. The van der Waals surface area contributed by atoms with Gasteiger partial charge in [0.25, 0.3) is 0 Å². The molecule has 0 spiro atoms. The van der Waals surface area contributed by atoms with Crippen molar-refractivity contribution in [1.82, 2.24) is 14.9 Å². The number of carbonyl (C=O) groups excluding carboxylic acids is 2. The fraction of sp³-hybridized carbons (Fsp3) is 0.500. The molecule has 18 heavy (non-hydrogen) atoms. The second-order valence-electron chi connectivity index (χ2n) is 4.80. The second-order valence-corrected chi connectivity index (χ2v) is 4.80. The third kappa shape index (κ3) is 3.80. The summed E-state index contributed by atoms with van der Waals surface area (Å²) in [5, 5.41) is 0. The number of ether oxygens (including phenoxy) is 1. The molecule has 1 atom stereocenters. The number of carbonyl (C=O) groups is 2. The Hall–Kier alpha value is -1.98. The number of aldehydes is 1. The summed E-state index contributed by atoms with van der Waals surface area (Å²) in [6, 6.07) is -0.798. The molecular formula is C12H17N3O3. The average molecular weight is 251 g/mol. The van der Waals surface area contributed by atoms with Gasteiger partial charge in [0.15, 0.2) is 0 Å². The standard InChI is InChI=1S/C12H17N3O3/c1-12(2,3)18-11(17)15(4)10(8-16)9-7-13-5-6-14-9/h5-8,10H,1-4H3. The van der Waals surface area contributed by atoms with Crippen molar-refractivity contribution in [2.45, 2.75) is 32.4 Å². The van der Waals surface area contributed by atoms with Gasteiger partial charge in [0, 0.05) is 19.4 Å².